The second-order valence-electron chi connectivity index (χ2n) is 5.17. The third kappa shape index (κ3) is 5.90. The average Bonchev–Trinajstić information content (AvgIpc) is 2.95. The van der Waals surface area contributed by atoms with Crippen molar-refractivity contribution in [2.75, 3.05) is 11.1 Å². The molecule has 0 aliphatic heterocycles. The van der Waals surface area contributed by atoms with E-state index in [0.29, 0.717) is 23.1 Å². The van der Waals surface area contributed by atoms with Crippen molar-refractivity contribution in [2.45, 2.75) is 25.6 Å². The van der Waals surface area contributed by atoms with Gasteiger partial charge in [-0.3, -0.25) is 9.59 Å². The number of nitrogens with zero attached hydrogens (tertiary/aromatic N) is 1. The average molecular weight is 368 g/mol. The van der Waals surface area contributed by atoms with Gasteiger partial charge in [0.05, 0.1) is 11.0 Å². The summed E-state index contributed by atoms with van der Waals surface area (Å²) in [5, 5.41) is 9.37. The van der Waals surface area contributed by atoms with E-state index in [-0.39, 0.29) is 22.8 Å². The predicted molar refractivity (Wildman–Crippen MR) is 95.1 cm³/mol. The maximum absolute atomic E-state index is 12.0. The van der Waals surface area contributed by atoms with Crippen molar-refractivity contribution in [2.24, 2.45) is 0 Å². The standard InChI is InChI=1S/C16H18ClN3O3S/c1-10-6-14(20-23-10)19-16(22)11(2)24-9-15(21)18-8-12-4-3-5-13(17)7-12/h3-7,11H,8-9H2,1-2H3,(H,18,21)(H,19,20,22)/t11-/m1/s1. The van der Waals surface area contributed by atoms with Gasteiger partial charge in [-0.25, -0.2) is 0 Å². The molecule has 2 N–H and O–H groups in total. The minimum Gasteiger partial charge on any atom is -0.360 e. The van der Waals surface area contributed by atoms with Crippen LogP contribution >= 0.6 is 23.4 Å². The molecule has 0 unspecified atom stereocenters. The molecule has 0 fully saturated rings. The zero-order valence-corrected chi connectivity index (χ0v) is 14.9. The van der Waals surface area contributed by atoms with Crippen LogP contribution < -0.4 is 10.6 Å². The Balaban J connectivity index is 1.71. The Morgan fingerprint density at radius 2 is 2.17 bits per heavy atom. The SMILES string of the molecule is Cc1cc(NC(=O)[C@@H](C)SCC(=O)NCc2cccc(Cl)c2)no1. The lowest BCUT2D eigenvalue weighted by atomic mass is 10.2. The highest BCUT2D eigenvalue weighted by molar-refractivity contribution is 8.01. The van der Waals surface area contributed by atoms with Crippen molar-refractivity contribution < 1.29 is 14.1 Å². The quantitative estimate of drug-likeness (QED) is 0.785. The summed E-state index contributed by atoms with van der Waals surface area (Å²) >= 11 is 7.14. The molecular weight excluding hydrogens is 350 g/mol. The fraction of sp³-hybridized carbons (Fsp3) is 0.312. The molecule has 2 rings (SSSR count). The van der Waals surface area contributed by atoms with Crippen LogP contribution in [-0.2, 0) is 16.1 Å². The number of rotatable bonds is 7. The Labute approximate surface area is 149 Å². The number of aryl methyl sites for hydroxylation is 1. The van der Waals surface area contributed by atoms with E-state index in [1.165, 1.54) is 11.8 Å². The highest BCUT2D eigenvalue weighted by Gasteiger charge is 2.16. The molecule has 1 heterocycles. The zero-order valence-electron chi connectivity index (χ0n) is 13.3. The number of hydrogen-bond donors (Lipinski definition) is 2. The first kappa shape index (κ1) is 18.4. The van der Waals surface area contributed by atoms with Gasteiger partial charge in [-0.15, -0.1) is 11.8 Å². The Morgan fingerprint density at radius 3 is 2.83 bits per heavy atom. The Kier molecular flexibility index (Phi) is 6.69. The van der Waals surface area contributed by atoms with Crippen molar-refractivity contribution in [3.05, 3.63) is 46.7 Å². The monoisotopic (exact) mass is 367 g/mol. The lowest BCUT2D eigenvalue weighted by Gasteiger charge is -2.10. The number of amides is 2. The molecule has 0 aliphatic carbocycles. The molecule has 128 valence electrons. The molecule has 1 atom stereocenters. The second kappa shape index (κ2) is 8.75. The minimum atomic E-state index is -0.390. The van der Waals surface area contributed by atoms with Crippen molar-refractivity contribution in [3.8, 4) is 0 Å². The van der Waals surface area contributed by atoms with Crippen LogP contribution in [-0.4, -0.2) is 28.0 Å². The van der Waals surface area contributed by atoms with E-state index < -0.39 is 0 Å². The molecule has 1 aromatic carbocycles. The molecule has 0 saturated heterocycles. The lowest BCUT2D eigenvalue weighted by Crippen LogP contribution is -2.28. The first-order chi connectivity index (χ1) is 11.4. The maximum Gasteiger partial charge on any atom is 0.238 e. The van der Waals surface area contributed by atoms with Gasteiger partial charge in [-0.2, -0.15) is 0 Å². The van der Waals surface area contributed by atoms with Gasteiger partial charge in [0.25, 0.3) is 0 Å². The summed E-state index contributed by atoms with van der Waals surface area (Å²) in [6, 6.07) is 8.92. The van der Waals surface area contributed by atoms with Gasteiger partial charge in [0, 0.05) is 17.6 Å². The third-order valence-corrected chi connectivity index (χ3v) is 4.47. The van der Waals surface area contributed by atoms with Crippen LogP contribution in [0.4, 0.5) is 5.82 Å². The van der Waals surface area contributed by atoms with Crippen LogP contribution in [0.1, 0.15) is 18.2 Å². The number of anilines is 1. The molecule has 0 aliphatic rings. The van der Waals surface area contributed by atoms with E-state index in [0.717, 1.165) is 5.56 Å². The number of halogens is 1. The van der Waals surface area contributed by atoms with Gasteiger partial charge in [0.15, 0.2) is 5.82 Å². The summed E-state index contributed by atoms with van der Waals surface area (Å²) in [4.78, 5) is 23.9. The van der Waals surface area contributed by atoms with Gasteiger partial charge in [0.1, 0.15) is 5.76 Å². The lowest BCUT2D eigenvalue weighted by molar-refractivity contribution is -0.118. The van der Waals surface area contributed by atoms with E-state index in [9.17, 15) is 9.59 Å². The van der Waals surface area contributed by atoms with Crippen LogP contribution in [0.5, 0.6) is 0 Å². The highest BCUT2D eigenvalue weighted by Crippen LogP contribution is 2.14. The van der Waals surface area contributed by atoms with E-state index in [2.05, 4.69) is 15.8 Å². The maximum atomic E-state index is 12.0. The van der Waals surface area contributed by atoms with Crippen molar-refractivity contribution in [3.63, 3.8) is 0 Å². The topological polar surface area (TPSA) is 84.2 Å². The number of carbonyl (C=O) groups is 2. The third-order valence-electron chi connectivity index (χ3n) is 3.09. The predicted octanol–water partition coefficient (Wildman–Crippen LogP) is 3.01. The number of nitrogens with one attached hydrogen (secondary N) is 2. The van der Waals surface area contributed by atoms with Crippen LogP contribution in [0.25, 0.3) is 0 Å². The van der Waals surface area contributed by atoms with Crippen molar-refractivity contribution >= 4 is 41.0 Å². The number of hydrogen-bond acceptors (Lipinski definition) is 5. The van der Waals surface area contributed by atoms with Gasteiger partial charge >= 0.3 is 0 Å². The Hall–Kier alpha value is -1.99. The summed E-state index contributed by atoms with van der Waals surface area (Å²) in [7, 11) is 0. The summed E-state index contributed by atoms with van der Waals surface area (Å²) in [6.07, 6.45) is 0. The van der Waals surface area contributed by atoms with Crippen LogP contribution in [0, 0.1) is 6.92 Å². The van der Waals surface area contributed by atoms with Crippen molar-refractivity contribution in [1.29, 1.82) is 0 Å². The zero-order chi connectivity index (χ0) is 17.5. The fourth-order valence-corrected chi connectivity index (χ4v) is 2.75. The van der Waals surface area contributed by atoms with Gasteiger partial charge in [0.2, 0.25) is 11.8 Å². The summed E-state index contributed by atoms with van der Waals surface area (Å²) in [6.45, 7) is 3.88. The number of carbonyl (C=O) groups excluding carboxylic acids is 2. The first-order valence-corrected chi connectivity index (χ1v) is 8.73. The fourth-order valence-electron chi connectivity index (χ4n) is 1.83. The van der Waals surface area contributed by atoms with Gasteiger partial charge in [-0.05, 0) is 31.5 Å². The van der Waals surface area contributed by atoms with E-state index in [4.69, 9.17) is 16.1 Å². The van der Waals surface area contributed by atoms with Crippen LogP contribution in [0.2, 0.25) is 5.02 Å². The molecule has 2 amide bonds. The first-order valence-electron chi connectivity index (χ1n) is 7.31. The van der Waals surface area contributed by atoms with Crippen LogP contribution in [0.15, 0.2) is 34.9 Å². The van der Waals surface area contributed by atoms with E-state index in [1.807, 2.05) is 12.1 Å². The van der Waals surface area contributed by atoms with Crippen molar-refractivity contribution in [1.82, 2.24) is 10.5 Å². The molecule has 2 aromatic rings. The molecule has 24 heavy (non-hydrogen) atoms. The van der Waals surface area contributed by atoms with Crippen LogP contribution in [0.3, 0.4) is 0 Å². The number of benzene rings is 1. The smallest absolute Gasteiger partial charge is 0.238 e. The van der Waals surface area contributed by atoms with Gasteiger partial charge < -0.3 is 15.2 Å². The second-order valence-corrected chi connectivity index (χ2v) is 6.94. The summed E-state index contributed by atoms with van der Waals surface area (Å²) in [5.74, 6) is 0.807. The van der Waals surface area contributed by atoms with E-state index >= 15 is 0 Å². The largest absolute Gasteiger partial charge is 0.360 e. The molecule has 0 spiro atoms. The molecule has 0 radical (unpaired) electrons. The molecule has 8 heteroatoms. The molecule has 1 aromatic heterocycles. The number of aromatic nitrogens is 1. The molecule has 0 bridgehead atoms. The normalized spacial score (nSPS) is 11.8. The van der Waals surface area contributed by atoms with Gasteiger partial charge in [-0.1, -0.05) is 28.9 Å². The molecular formula is C16H18ClN3O3S. The summed E-state index contributed by atoms with van der Waals surface area (Å²) < 4.78 is 4.88. The molecule has 0 saturated carbocycles. The Bertz CT molecular complexity index is 720. The number of thioether (sulfide) groups is 1. The highest BCUT2D eigenvalue weighted by atomic mass is 35.5. The molecule has 6 nitrogen and oxygen atoms in total. The minimum absolute atomic E-state index is 0.142. The van der Waals surface area contributed by atoms with E-state index in [1.54, 1.807) is 32.0 Å². The Morgan fingerprint density at radius 1 is 1.38 bits per heavy atom. The summed E-state index contributed by atoms with van der Waals surface area (Å²) in [5.41, 5.74) is 0.924.